The number of pyridine rings is 1. The molecule has 1 aromatic rings. The Kier molecular flexibility index (Phi) is 3.19. The van der Waals surface area contributed by atoms with Crippen molar-refractivity contribution in [2.45, 2.75) is 18.1 Å². The minimum absolute atomic E-state index is 0.405. The number of nitrogens with zero attached hydrogens (tertiary/aromatic N) is 1. The van der Waals surface area contributed by atoms with Gasteiger partial charge >= 0.3 is 6.18 Å². The Hall–Kier alpha value is -0.710. The molecule has 0 amide bonds. The van der Waals surface area contributed by atoms with Gasteiger partial charge in [-0.3, -0.25) is 0 Å². The number of aryl methyl sites for hydroxylation is 1. The van der Waals surface area contributed by atoms with E-state index >= 15 is 0 Å². The lowest BCUT2D eigenvalue weighted by atomic mass is 10.3. The monoisotopic (exact) mass is 207 g/mol. The van der Waals surface area contributed by atoms with E-state index in [9.17, 15) is 13.2 Å². The summed E-state index contributed by atoms with van der Waals surface area (Å²) in [4.78, 5) is 3.84. The Morgan fingerprint density at radius 1 is 1.38 bits per heavy atom. The first kappa shape index (κ1) is 10.4. The van der Waals surface area contributed by atoms with Crippen molar-refractivity contribution >= 4 is 11.8 Å². The van der Waals surface area contributed by atoms with E-state index in [-0.39, 0.29) is 0 Å². The number of rotatable bonds is 2. The number of hydrogen-bond acceptors (Lipinski definition) is 2. The van der Waals surface area contributed by atoms with E-state index in [1.54, 1.807) is 18.3 Å². The van der Waals surface area contributed by atoms with Gasteiger partial charge in [-0.15, -0.1) is 0 Å². The predicted molar refractivity (Wildman–Crippen MR) is 45.8 cm³/mol. The van der Waals surface area contributed by atoms with Gasteiger partial charge in [0.2, 0.25) is 0 Å². The third-order valence-electron chi connectivity index (χ3n) is 1.27. The molecule has 0 saturated carbocycles. The van der Waals surface area contributed by atoms with E-state index in [1.807, 2.05) is 6.92 Å². The van der Waals surface area contributed by atoms with Crippen LogP contribution in [0.2, 0.25) is 0 Å². The molecule has 0 unspecified atom stereocenters. The SMILES string of the molecule is Cc1ccc(SCC(F)(F)F)nc1. The highest BCUT2D eigenvalue weighted by atomic mass is 32.2. The highest BCUT2D eigenvalue weighted by Gasteiger charge is 2.27. The van der Waals surface area contributed by atoms with Crippen LogP contribution in [0.25, 0.3) is 0 Å². The first-order chi connectivity index (χ1) is 5.97. The molecule has 0 spiro atoms. The fourth-order valence-electron chi connectivity index (χ4n) is 0.695. The summed E-state index contributed by atoms with van der Waals surface area (Å²) in [5, 5.41) is 0.405. The standard InChI is InChI=1S/C8H8F3NS/c1-6-2-3-7(12-4-6)13-5-8(9,10)11/h2-4H,5H2,1H3. The first-order valence-corrected chi connectivity index (χ1v) is 4.58. The van der Waals surface area contributed by atoms with Gasteiger partial charge in [0.1, 0.15) is 0 Å². The van der Waals surface area contributed by atoms with Crippen LogP contribution in [0.5, 0.6) is 0 Å². The molecule has 0 fully saturated rings. The van der Waals surface area contributed by atoms with Crippen LogP contribution >= 0.6 is 11.8 Å². The van der Waals surface area contributed by atoms with Gasteiger partial charge < -0.3 is 0 Å². The number of alkyl halides is 3. The molecule has 0 aromatic carbocycles. The highest BCUT2D eigenvalue weighted by Crippen LogP contribution is 2.25. The molecule has 0 saturated heterocycles. The molecular weight excluding hydrogens is 199 g/mol. The Morgan fingerprint density at radius 3 is 2.54 bits per heavy atom. The van der Waals surface area contributed by atoms with E-state index in [2.05, 4.69) is 4.98 Å². The fraction of sp³-hybridized carbons (Fsp3) is 0.375. The summed E-state index contributed by atoms with van der Waals surface area (Å²) in [6.07, 6.45) is -2.57. The van der Waals surface area contributed by atoms with Gasteiger partial charge in [0, 0.05) is 6.20 Å². The second-order valence-electron chi connectivity index (χ2n) is 2.58. The van der Waals surface area contributed by atoms with Crippen molar-refractivity contribution in [3.8, 4) is 0 Å². The van der Waals surface area contributed by atoms with Gasteiger partial charge in [-0.05, 0) is 18.6 Å². The molecule has 13 heavy (non-hydrogen) atoms. The molecule has 0 aliphatic heterocycles. The van der Waals surface area contributed by atoms with Crippen molar-refractivity contribution in [2.75, 3.05) is 5.75 Å². The zero-order chi connectivity index (χ0) is 9.90. The highest BCUT2D eigenvalue weighted by molar-refractivity contribution is 7.99. The van der Waals surface area contributed by atoms with E-state index in [1.165, 1.54) is 0 Å². The third kappa shape index (κ3) is 4.17. The van der Waals surface area contributed by atoms with Gasteiger partial charge in [0.05, 0.1) is 10.8 Å². The Balaban J connectivity index is 2.51. The van der Waals surface area contributed by atoms with Crippen LogP contribution in [0.3, 0.4) is 0 Å². The number of hydrogen-bond donors (Lipinski definition) is 0. The molecule has 1 rings (SSSR count). The Bertz CT molecular complexity index is 268. The average molecular weight is 207 g/mol. The smallest absolute Gasteiger partial charge is 0.250 e. The Labute approximate surface area is 78.4 Å². The lowest BCUT2D eigenvalue weighted by Gasteiger charge is -2.04. The molecule has 0 radical (unpaired) electrons. The number of thioether (sulfide) groups is 1. The molecule has 72 valence electrons. The Morgan fingerprint density at radius 2 is 2.08 bits per heavy atom. The molecule has 1 aromatic heterocycles. The summed E-state index contributed by atoms with van der Waals surface area (Å²) < 4.78 is 35.3. The first-order valence-electron chi connectivity index (χ1n) is 3.59. The van der Waals surface area contributed by atoms with Crippen LogP contribution in [0.4, 0.5) is 13.2 Å². The van der Waals surface area contributed by atoms with Crippen LogP contribution < -0.4 is 0 Å². The molecule has 1 heterocycles. The quantitative estimate of drug-likeness (QED) is 0.691. The maximum Gasteiger partial charge on any atom is 0.398 e. The van der Waals surface area contributed by atoms with Crippen LogP contribution in [-0.4, -0.2) is 16.9 Å². The topological polar surface area (TPSA) is 12.9 Å². The lowest BCUT2D eigenvalue weighted by Crippen LogP contribution is -2.10. The molecule has 5 heteroatoms. The molecule has 0 atom stereocenters. The summed E-state index contributed by atoms with van der Waals surface area (Å²) in [5.74, 6) is -0.886. The zero-order valence-electron chi connectivity index (χ0n) is 6.93. The summed E-state index contributed by atoms with van der Waals surface area (Å²) in [5.41, 5.74) is 0.941. The van der Waals surface area contributed by atoms with Crippen LogP contribution in [0.1, 0.15) is 5.56 Å². The molecular formula is C8H8F3NS. The molecule has 1 nitrogen and oxygen atoms in total. The summed E-state index contributed by atoms with van der Waals surface area (Å²) in [6.45, 7) is 1.84. The van der Waals surface area contributed by atoms with Crippen molar-refractivity contribution in [1.29, 1.82) is 0 Å². The van der Waals surface area contributed by atoms with Gasteiger partial charge in [-0.2, -0.15) is 13.2 Å². The van der Waals surface area contributed by atoms with E-state index in [0.29, 0.717) is 16.8 Å². The number of halogens is 3. The van der Waals surface area contributed by atoms with E-state index in [0.717, 1.165) is 5.56 Å². The maximum absolute atomic E-state index is 11.8. The van der Waals surface area contributed by atoms with Gasteiger partial charge in [0.15, 0.2) is 0 Å². The van der Waals surface area contributed by atoms with E-state index in [4.69, 9.17) is 0 Å². The summed E-state index contributed by atoms with van der Waals surface area (Å²) >= 11 is 0.700. The molecule has 0 aliphatic rings. The summed E-state index contributed by atoms with van der Waals surface area (Å²) in [7, 11) is 0. The molecule has 0 bridgehead atoms. The van der Waals surface area contributed by atoms with E-state index < -0.39 is 11.9 Å². The van der Waals surface area contributed by atoms with Gasteiger partial charge in [-0.25, -0.2) is 4.98 Å². The normalized spacial score (nSPS) is 11.7. The van der Waals surface area contributed by atoms with Crippen molar-refractivity contribution in [2.24, 2.45) is 0 Å². The van der Waals surface area contributed by atoms with Gasteiger partial charge in [0.25, 0.3) is 0 Å². The lowest BCUT2D eigenvalue weighted by molar-refractivity contribution is -0.105. The second kappa shape index (κ2) is 4.00. The van der Waals surface area contributed by atoms with Crippen molar-refractivity contribution < 1.29 is 13.2 Å². The van der Waals surface area contributed by atoms with Gasteiger partial charge in [-0.1, -0.05) is 17.8 Å². The summed E-state index contributed by atoms with van der Waals surface area (Å²) in [6, 6.07) is 3.33. The second-order valence-corrected chi connectivity index (χ2v) is 3.57. The minimum atomic E-state index is -4.13. The van der Waals surface area contributed by atoms with Crippen LogP contribution in [0.15, 0.2) is 23.4 Å². The maximum atomic E-state index is 11.8. The third-order valence-corrected chi connectivity index (χ3v) is 2.28. The van der Waals surface area contributed by atoms with Crippen molar-refractivity contribution in [1.82, 2.24) is 4.98 Å². The minimum Gasteiger partial charge on any atom is -0.250 e. The van der Waals surface area contributed by atoms with Crippen LogP contribution in [0, 0.1) is 6.92 Å². The fourth-order valence-corrected chi connectivity index (χ4v) is 1.30. The predicted octanol–water partition coefficient (Wildman–Crippen LogP) is 3.04. The molecule has 0 N–H and O–H groups in total. The molecule has 0 aliphatic carbocycles. The van der Waals surface area contributed by atoms with Crippen LogP contribution in [-0.2, 0) is 0 Å². The van der Waals surface area contributed by atoms with Crippen molar-refractivity contribution in [3.05, 3.63) is 23.9 Å². The average Bonchev–Trinajstić information content (AvgIpc) is 2.02. The zero-order valence-corrected chi connectivity index (χ0v) is 7.75. The number of aromatic nitrogens is 1. The van der Waals surface area contributed by atoms with Crippen molar-refractivity contribution in [3.63, 3.8) is 0 Å². The largest absolute Gasteiger partial charge is 0.398 e.